The van der Waals surface area contributed by atoms with Crippen molar-refractivity contribution in [2.75, 3.05) is 26.2 Å². The van der Waals surface area contributed by atoms with Crippen LogP contribution >= 0.6 is 11.3 Å². The van der Waals surface area contributed by atoms with Gasteiger partial charge < -0.3 is 10.2 Å². The van der Waals surface area contributed by atoms with Gasteiger partial charge in [0, 0.05) is 26.2 Å². The minimum atomic E-state index is -0.0218. The van der Waals surface area contributed by atoms with Gasteiger partial charge in [-0.2, -0.15) is 0 Å². The lowest BCUT2D eigenvalue weighted by molar-refractivity contribution is 0.0770. The molecule has 0 radical (unpaired) electrons. The SMILES string of the molecule is CCCCCn1cnc2sc(C(=O)N3CCCNCC3)c(C)c2c1=O. The lowest BCUT2D eigenvalue weighted by Gasteiger charge is -2.19. The molecule has 0 bridgehead atoms. The van der Waals surface area contributed by atoms with Crippen LogP contribution in [0, 0.1) is 6.92 Å². The third kappa shape index (κ3) is 3.77. The minimum absolute atomic E-state index is 0.0218. The highest BCUT2D eigenvalue weighted by Crippen LogP contribution is 2.28. The molecule has 3 heterocycles. The van der Waals surface area contributed by atoms with Crippen molar-refractivity contribution in [2.45, 2.75) is 46.1 Å². The summed E-state index contributed by atoms with van der Waals surface area (Å²) >= 11 is 1.35. The van der Waals surface area contributed by atoms with Crippen LogP contribution in [0.2, 0.25) is 0 Å². The summed E-state index contributed by atoms with van der Waals surface area (Å²) in [5.41, 5.74) is 0.760. The van der Waals surface area contributed by atoms with Gasteiger partial charge in [-0.15, -0.1) is 11.3 Å². The van der Waals surface area contributed by atoms with E-state index in [9.17, 15) is 9.59 Å². The summed E-state index contributed by atoms with van der Waals surface area (Å²) < 4.78 is 1.68. The van der Waals surface area contributed by atoms with Crippen molar-refractivity contribution in [3.05, 3.63) is 27.1 Å². The van der Waals surface area contributed by atoms with Crippen LogP contribution in [0.1, 0.15) is 47.8 Å². The fraction of sp³-hybridized carbons (Fsp3) is 0.611. The second-order valence-electron chi connectivity index (χ2n) is 6.58. The molecular weight excluding hydrogens is 336 g/mol. The fourth-order valence-corrected chi connectivity index (χ4v) is 4.35. The molecule has 2 aromatic rings. The zero-order valence-corrected chi connectivity index (χ0v) is 15.8. The van der Waals surface area contributed by atoms with Crippen molar-refractivity contribution in [3.8, 4) is 0 Å². The van der Waals surface area contributed by atoms with Gasteiger partial charge in [-0.25, -0.2) is 4.98 Å². The Kier molecular flexibility index (Phi) is 5.86. The van der Waals surface area contributed by atoms with Crippen LogP contribution in [-0.4, -0.2) is 46.5 Å². The highest BCUT2D eigenvalue weighted by Gasteiger charge is 2.24. The van der Waals surface area contributed by atoms with Gasteiger partial charge in [0.15, 0.2) is 0 Å². The maximum absolute atomic E-state index is 12.9. The van der Waals surface area contributed by atoms with E-state index >= 15 is 0 Å². The second kappa shape index (κ2) is 8.10. The molecular formula is C18H26N4O2S. The molecule has 6 nitrogen and oxygen atoms in total. The van der Waals surface area contributed by atoms with Crippen LogP contribution in [-0.2, 0) is 6.54 Å². The second-order valence-corrected chi connectivity index (χ2v) is 7.58. The lowest BCUT2D eigenvalue weighted by atomic mass is 10.2. The van der Waals surface area contributed by atoms with Crippen molar-refractivity contribution in [1.82, 2.24) is 19.8 Å². The monoisotopic (exact) mass is 362 g/mol. The van der Waals surface area contributed by atoms with Gasteiger partial charge in [-0.05, 0) is 31.9 Å². The van der Waals surface area contributed by atoms with Crippen LogP contribution in [0.3, 0.4) is 0 Å². The molecule has 25 heavy (non-hydrogen) atoms. The summed E-state index contributed by atoms with van der Waals surface area (Å²) in [6.07, 6.45) is 5.77. The summed E-state index contributed by atoms with van der Waals surface area (Å²) in [4.78, 5) is 33.4. The molecule has 7 heteroatoms. The summed E-state index contributed by atoms with van der Waals surface area (Å²) in [5, 5.41) is 3.92. The van der Waals surface area contributed by atoms with Gasteiger partial charge in [0.1, 0.15) is 4.83 Å². The zero-order valence-electron chi connectivity index (χ0n) is 15.0. The van der Waals surface area contributed by atoms with Crippen molar-refractivity contribution >= 4 is 27.5 Å². The minimum Gasteiger partial charge on any atom is -0.337 e. The number of fused-ring (bicyclic) bond motifs is 1. The average molecular weight is 362 g/mol. The van der Waals surface area contributed by atoms with E-state index in [0.717, 1.165) is 50.9 Å². The first-order chi connectivity index (χ1) is 12.1. The van der Waals surface area contributed by atoms with E-state index in [1.807, 2.05) is 11.8 Å². The summed E-state index contributed by atoms with van der Waals surface area (Å²) in [7, 11) is 0. The predicted octanol–water partition coefficient (Wildman–Crippen LogP) is 2.39. The summed E-state index contributed by atoms with van der Waals surface area (Å²) in [5.74, 6) is 0.0288. The van der Waals surface area contributed by atoms with E-state index in [0.29, 0.717) is 28.2 Å². The quantitative estimate of drug-likeness (QED) is 0.830. The summed E-state index contributed by atoms with van der Waals surface area (Å²) in [6.45, 7) is 7.93. The maximum Gasteiger partial charge on any atom is 0.264 e. The molecule has 2 aromatic heterocycles. The van der Waals surface area contributed by atoms with Gasteiger partial charge in [-0.3, -0.25) is 14.2 Å². The van der Waals surface area contributed by atoms with E-state index in [1.54, 1.807) is 10.9 Å². The van der Waals surface area contributed by atoms with Gasteiger partial charge in [0.05, 0.1) is 16.6 Å². The van der Waals surface area contributed by atoms with Gasteiger partial charge in [0.2, 0.25) is 0 Å². The number of carbonyl (C=O) groups excluding carboxylic acids is 1. The first-order valence-electron chi connectivity index (χ1n) is 9.12. The lowest BCUT2D eigenvalue weighted by Crippen LogP contribution is -2.34. The van der Waals surface area contributed by atoms with Crippen LogP contribution in [0.4, 0.5) is 0 Å². The van der Waals surface area contributed by atoms with Crippen molar-refractivity contribution < 1.29 is 4.79 Å². The number of carbonyl (C=O) groups is 1. The third-order valence-corrected chi connectivity index (χ3v) is 5.93. The highest BCUT2D eigenvalue weighted by atomic mass is 32.1. The molecule has 1 saturated heterocycles. The number of hydrogen-bond donors (Lipinski definition) is 1. The molecule has 0 aliphatic carbocycles. The fourth-order valence-electron chi connectivity index (χ4n) is 3.25. The molecule has 1 fully saturated rings. The van der Waals surface area contributed by atoms with E-state index in [-0.39, 0.29) is 11.5 Å². The molecule has 3 rings (SSSR count). The topological polar surface area (TPSA) is 67.2 Å². The molecule has 0 aromatic carbocycles. The Bertz CT molecular complexity index is 803. The van der Waals surface area contributed by atoms with E-state index in [1.165, 1.54) is 11.3 Å². The normalized spacial score (nSPS) is 15.5. The number of rotatable bonds is 5. The molecule has 0 unspecified atom stereocenters. The smallest absolute Gasteiger partial charge is 0.264 e. The van der Waals surface area contributed by atoms with Gasteiger partial charge >= 0.3 is 0 Å². The van der Waals surface area contributed by atoms with Crippen LogP contribution < -0.4 is 10.9 Å². The molecule has 0 atom stereocenters. The summed E-state index contributed by atoms with van der Waals surface area (Å²) in [6, 6.07) is 0. The Balaban J connectivity index is 1.92. The first-order valence-corrected chi connectivity index (χ1v) is 9.93. The number of unbranched alkanes of at least 4 members (excludes halogenated alkanes) is 2. The molecule has 1 N–H and O–H groups in total. The zero-order chi connectivity index (χ0) is 17.8. The number of nitrogens with zero attached hydrogens (tertiary/aromatic N) is 3. The Morgan fingerprint density at radius 2 is 2.16 bits per heavy atom. The number of aromatic nitrogens is 2. The maximum atomic E-state index is 12.9. The molecule has 136 valence electrons. The van der Waals surface area contributed by atoms with E-state index < -0.39 is 0 Å². The van der Waals surface area contributed by atoms with Crippen molar-refractivity contribution in [1.29, 1.82) is 0 Å². The van der Waals surface area contributed by atoms with Gasteiger partial charge in [-0.1, -0.05) is 19.8 Å². The Hall–Kier alpha value is -1.73. The number of aryl methyl sites for hydroxylation is 2. The Morgan fingerprint density at radius 1 is 1.32 bits per heavy atom. The standard InChI is InChI=1S/C18H26N4O2S/c1-3-4-5-9-22-12-20-16-14(17(22)23)13(2)15(25-16)18(24)21-10-6-7-19-8-11-21/h12,19H,3-11H2,1-2H3. The molecule has 0 spiro atoms. The molecule has 1 aliphatic rings. The molecule has 1 aliphatic heterocycles. The number of nitrogens with one attached hydrogen (secondary N) is 1. The van der Waals surface area contributed by atoms with Crippen LogP contribution in [0.15, 0.2) is 11.1 Å². The van der Waals surface area contributed by atoms with E-state index in [2.05, 4.69) is 17.2 Å². The first kappa shape index (κ1) is 18.1. The highest BCUT2D eigenvalue weighted by molar-refractivity contribution is 7.20. The third-order valence-electron chi connectivity index (χ3n) is 4.74. The van der Waals surface area contributed by atoms with Crippen LogP contribution in [0.25, 0.3) is 10.2 Å². The number of hydrogen-bond acceptors (Lipinski definition) is 5. The Morgan fingerprint density at radius 3 is 2.96 bits per heavy atom. The predicted molar refractivity (Wildman–Crippen MR) is 102 cm³/mol. The molecule has 1 amide bonds. The van der Waals surface area contributed by atoms with Crippen molar-refractivity contribution in [3.63, 3.8) is 0 Å². The number of amides is 1. The van der Waals surface area contributed by atoms with E-state index in [4.69, 9.17) is 0 Å². The molecule has 0 saturated carbocycles. The van der Waals surface area contributed by atoms with Gasteiger partial charge in [0.25, 0.3) is 11.5 Å². The number of thiophene rings is 1. The van der Waals surface area contributed by atoms with Crippen LogP contribution in [0.5, 0.6) is 0 Å². The Labute approximate surface area is 151 Å². The van der Waals surface area contributed by atoms with Crippen molar-refractivity contribution in [2.24, 2.45) is 0 Å². The average Bonchev–Trinajstić information content (AvgIpc) is 2.78. The largest absolute Gasteiger partial charge is 0.337 e.